The second-order valence-corrected chi connectivity index (χ2v) is 4.88. The fourth-order valence-electron chi connectivity index (χ4n) is 2.73. The van der Waals surface area contributed by atoms with Crippen LogP contribution in [0.25, 0.3) is 0 Å². The summed E-state index contributed by atoms with van der Waals surface area (Å²) in [5.74, 6) is 0.647. The first-order chi connectivity index (χ1) is 6.75. The molecule has 1 aliphatic carbocycles. The maximum atomic E-state index is 9.71. The van der Waals surface area contributed by atoms with Crippen molar-refractivity contribution in [2.45, 2.75) is 44.8 Å². The Morgan fingerprint density at radius 3 is 2.86 bits per heavy atom. The molecule has 0 bridgehead atoms. The number of nitrogens with zero attached hydrogens (tertiary/aromatic N) is 1. The molecule has 0 saturated carbocycles. The molecule has 1 aliphatic heterocycles. The largest absolute Gasteiger partial charge is 0.392 e. The molecule has 80 valence electrons. The van der Waals surface area contributed by atoms with Crippen LogP contribution in [0.4, 0.5) is 0 Å². The summed E-state index contributed by atoms with van der Waals surface area (Å²) in [5.41, 5.74) is 0. The Bertz CT molecular complexity index is 204. The molecule has 1 fully saturated rings. The van der Waals surface area contributed by atoms with Crippen LogP contribution in [-0.2, 0) is 0 Å². The van der Waals surface area contributed by atoms with Crippen molar-refractivity contribution in [1.82, 2.24) is 4.90 Å². The molecule has 0 aromatic carbocycles. The molecular formula is C12H21NO. The summed E-state index contributed by atoms with van der Waals surface area (Å²) in [6.45, 7) is 4.27. The van der Waals surface area contributed by atoms with E-state index in [2.05, 4.69) is 24.0 Å². The molecule has 1 heterocycles. The molecule has 1 N–H and O–H groups in total. The number of piperidine rings is 1. The number of β-amino-alcohol motifs (C(OH)–C–C–N with tert-alkyl or cyclic N) is 1. The molecule has 2 heteroatoms. The zero-order valence-electron chi connectivity index (χ0n) is 9.02. The van der Waals surface area contributed by atoms with E-state index in [1.54, 1.807) is 0 Å². The molecule has 1 saturated heterocycles. The molecule has 2 nitrogen and oxygen atoms in total. The Morgan fingerprint density at radius 1 is 1.36 bits per heavy atom. The van der Waals surface area contributed by atoms with E-state index in [0.717, 1.165) is 19.5 Å². The highest BCUT2D eigenvalue weighted by molar-refractivity contribution is 5.00. The average molecular weight is 195 g/mol. The summed E-state index contributed by atoms with van der Waals surface area (Å²) in [5, 5.41) is 9.71. The minimum Gasteiger partial charge on any atom is -0.392 e. The number of hydrogen-bond donors (Lipinski definition) is 1. The fourth-order valence-corrected chi connectivity index (χ4v) is 2.73. The molecule has 0 radical (unpaired) electrons. The van der Waals surface area contributed by atoms with E-state index in [1.807, 2.05) is 0 Å². The number of rotatable bonds is 1. The molecule has 0 amide bonds. The van der Waals surface area contributed by atoms with Crippen molar-refractivity contribution in [3.05, 3.63) is 12.2 Å². The van der Waals surface area contributed by atoms with Gasteiger partial charge in [-0.2, -0.15) is 0 Å². The maximum absolute atomic E-state index is 9.71. The van der Waals surface area contributed by atoms with E-state index in [-0.39, 0.29) is 6.10 Å². The van der Waals surface area contributed by atoms with Gasteiger partial charge < -0.3 is 5.11 Å². The number of aliphatic hydroxyl groups excluding tert-OH is 1. The quantitative estimate of drug-likeness (QED) is 0.645. The Kier molecular flexibility index (Phi) is 3.24. The van der Waals surface area contributed by atoms with E-state index >= 15 is 0 Å². The zero-order valence-corrected chi connectivity index (χ0v) is 9.02. The molecule has 1 unspecified atom stereocenters. The molecule has 0 aromatic heterocycles. The van der Waals surface area contributed by atoms with Crippen molar-refractivity contribution in [1.29, 1.82) is 0 Å². The molecule has 14 heavy (non-hydrogen) atoms. The third kappa shape index (κ3) is 2.37. The normalized spacial score (nSPS) is 40.0. The lowest BCUT2D eigenvalue weighted by Crippen LogP contribution is -2.47. The second-order valence-electron chi connectivity index (χ2n) is 4.88. The number of likely N-dealkylation sites (tertiary alicyclic amines) is 1. The standard InChI is InChI=1S/C12H21NO/c1-10-7-12(14)9-13(8-10)11-5-3-2-4-6-11/h3,5,10-12,14H,2,4,6-9H2,1H3/t10-,11?,12+/m1/s1. The maximum Gasteiger partial charge on any atom is 0.0670 e. The van der Waals surface area contributed by atoms with Crippen molar-refractivity contribution in [3.8, 4) is 0 Å². The van der Waals surface area contributed by atoms with Crippen LogP contribution in [0.5, 0.6) is 0 Å². The van der Waals surface area contributed by atoms with Gasteiger partial charge in [0.2, 0.25) is 0 Å². The van der Waals surface area contributed by atoms with E-state index in [9.17, 15) is 5.11 Å². The Hall–Kier alpha value is -0.340. The second kappa shape index (κ2) is 4.45. The third-order valence-electron chi connectivity index (χ3n) is 3.36. The van der Waals surface area contributed by atoms with Crippen LogP contribution < -0.4 is 0 Å². The molecular weight excluding hydrogens is 174 g/mol. The zero-order chi connectivity index (χ0) is 9.97. The highest BCUT2D eigenvalue weighted by Crippen LogP contribution is 2.23. The minimum absolute atomic E-state index is 0.103. The van der Waals surface area contributed by atoms with Gasteiger partial charge in [0.05, 0.1) is 6.10 Å². The van der Waals surface area contributed by atoms with Crippen molar-refractivity contribution in [3.63, 3.8) is 0 Å². The summed E-state index contributed by atoms with van der Waals surface area (Å²) in [6, 6.07) is 0.598. The van der Waals surface area contributed by atoms with E-state index in [4.69, 9.17) is 0 Å². The predicted octanol–water partition coefficient (Wildman–Crippen LogP) is 1.80. The summed E-state index contributed by atoms with van der Waals surface area (Å²) >= 11 is 0. The molecule has 0 spiro atoms. The van der Waals surface area contributed by atoms with Gasteiger partial charge >= 0.3 is 0 Å². The van der Waals surface area contributed by atoms with Gasteiger partial charge in [-0.25, -0.2) is 0 Å². The highest BCUT2D eigenvalue weighted by atomic mass is 16.3. The van der Waals surface area contributed by atoms with Crippen molar-refractivity contribution >= 4 is 0 Å². The van der Waals surface area contributed by atoms with Crippen LogP contribution in [0.1, 0.15) is 32.6 Å². The van der Waals surface area contributed by atoms with Crippen LogP contribution in [0, 0.1) is 5.92 Å². The fraction of sp³-hybridized carbons (Fsp3) is 0.833. The summed E-state index contributed by atoms with van der Waals surface area (Å²) in [7, 11) is 0. The Morgan fingerprint density at radius 2 is 2.21 bits per heavy atom. The van der Waals surface area contributed by atoms with Gasteiger partial charge in [0.1, 0.15) is 0 Å². The van der Waals surface area contributed by atoms with Crippen molar-refractivity contribution in [2.75, 3.05) is 13.1 Å². The number of hydrogen-bond acceptors (Lipinski definition) is 2. The lowest BCUT2D eigenvalue weighted by Gasteiger charge is -2.39. The van der Waals surface area contributed by atoms with E-state index in [0.29, 0.717) is 12.0 Å². The van der Waals surface area contributed by atoms with Gasteiger partial charge in [-0.05, 0) is 31.6 Å². The Labute approximate surface area is 86.6 Å². The van der Waals surface area contributed by atoms with Gasteiger partial charge in [0, 0.05) is 19.1 Å². The Balaban J connectivity index is 1.95. The molecule has 3 atom stereocenters. The minimum atomic E-state index is -0.103. The lowest BCUT2D eigenvalue weighted by atomic mass is 9.93. The predicted molar refractivity (Wildman–Crippen MR) is 58.1 cm³/mol. The first-order valence-corrected chi connectivity index (χ1v) is 5.84. The smallest absolute Gasteiger partial charge is 0.0670 e. The molecule has 2 aliphatic rings. The topological polar surface area (TPSA) is 23.5 Å². The summed E-state index contributed by atoms with van der Waals surface area (Å²) < 4.78 is 0. The van der Waals surface area contributed by atoms with Crippen LogP contribution in [-0.4, -0.2) is 35.2 Å². The van der Waals surface area contributed by atoms with Crippen molar-refractivity contribution < 1.29 is 5.11 Å². The SMILES string of the molecule is C[C@@H]1C[C@H](O)CN(C2C=CCCC2)C1. The first kappa shape index (κ1) is 10.2. The van der Waals surface area contributed by atoms with Crippen molar-refractivity contribution in [2.24, 2.45) is 5.92 Å². The van der Waals surface area contributed by atoms with Gasteiger partial charge in [-0.15, -0.1) is 0 Å². The van der Waals surface area contributed by atoms with E-state index in [1.165, 1.54) is 19.3 Å². The van der Waals surface area contributed by atoms with Gasteiger partial charge in [0.25, 0.3) is 0 Å². The van der Waals surface area contributed by atoms with Gasteiger partial charge in [-0.1, -0.05) is 19.1 Å². The molecule has 2 rings (SSSR count). The molecule has 0 aromatic rings. The van der Waals surface area contributed by atoms with Gasteiger partial charge in [-0.3, -0.25) is 4.90 Å². The lowest BCUT2D eigenvalue weighted by molar-refractivity contribution is 0.0289. The van der Waals surface area contributed by atoms with Crippen LogP contribution >= 0.6 is 0 Å². The summed E-state index contributed by atoms with van der Waals surface area (Å²) in [6.07, 6.45) is 9.32. The first-order valence-electron chi connectivity index (χ1n) is 5.84. The number of aliphatic hydroxyl groups is 1. The highest BCUT2D eigenvalue weighted by Gasteiger charge is 2.27. The van der Waals surface area contributed by atoms with E-state index < -0.39 is 0 Å². The van der Waals surface area contributed by atoms with Crippen LogP contribution in [0.15, 0.2) is 12.2 Å². The number of allylic oxidation sites excluding steroid dienone is 1. The average Bonchev–Trinajstić information content (AvgIpc) is 2.18. The monoisotopic (exact) mass is 195 g/mol. The third-order valence-corrected chi connectivity index (χ3v) is 3.36. The van der Waals surface area contributed by atoms with Crippen LogP contribution in [0.2, 0.25) is 0 Å². The van der Waals surface area contributed by atoms with Crippen LogP contribution in [0.3, 0.4) is 0 Å². The summed E-state index contributed by atoms with van der Waals surface area (Å²) in [4.78, 5) is 2.45. The van der Waals surface area contributed by atoms with Gasteiger partial charge in [0.15, 0.2) is 0 Å².